The first-order valence-electron chi connectivity index (χ1n) is 47.5. The normalized spacial score (nSPS) is 12.3. The van der Waals surface area contributed by atoms with Gasteiger partial charge in [0.05, 0.1) is 10.8 Å². The molecule has 0 amide bonds. The van der Waals surface area contributed by atoms with Gasteiger partial charge in [0, 0.05) is 65.6 Å². The van der Waals surface area contributed by atoms with Crippen molar-refractivity contribution in [3.63, 3.8) is 0 Å². The molecule has 5 heteroatoms. The van der Waals surface area contributed by atoms with E-state index in [4.69, 9.17) is 8.83 Å². The third-order valence-corrected chi connectivity index (χ3v) is 28.4. The molecule has 0 unspecified atom stereocenters. The average molecular weight is 1840 g/mol. The van der Waals surface area contributed by atoms with Gasteiger partial charge in [-0.15, -0.1) is 0 Å². The van der Waals surface area contributed by atoms with E-state index in [1.54, 1.807) is 0 Å². The number of benzene rings is 22. The fourth-order valence-electron chi connectivity index (χ4n) is 21.5. The van der Waals surface area contributed by atoms with Crippen LogP contribution in [0.1, 0.15) is 44.5 Å². The van der Waals surface area contributed by atoms with Gasteiger partial charge >= 0.3 is 0 Å². The second-order valence-corrected chi connectivity index (χ2v) is 36.6. The second kappa shape index (κ2) is 36.7. The van der Waals surface area contributed by atoms with Crippen LogP contribution in [0, 0.1) is 0 Å². The van der Waals surface area contributed by atoms with Crippen LogP contribution in [0.15, 0.2) is 559 Å². The van der Waals surface area contributed by atoms with Gasteiger partial charge in [-0.1, -0.05) is 477 Å². The molecule has 2 aromatic heterocycles. The van der Waals surface area contributed by atoms with Gasteiger partial charge in [0.1, 0.15) is 22.3 Å². The Morgan fingerprint density at radius 2 is 0.460 bits per heavy atom. The summed E-state index contributed by atoms with van der Waals surface area (Å²) < 4.78 is 13.8. The molecular weight excluding hydrogens is 1750 g/mol. The smallest absolute Gasteiger partial charge is 0.143 e. The fourth-order valence-corrected chi connectivity index (χ4v) is 21.9. The summed E-state index contributed by atoms with van der Waals surface area (Å²) in [6.07, 6.45) is 0. The largest absolute Gasteiger partial charge is 0.455 e. The van der Waals surface area contributed by atoms with E-state index in [0.717, 1.165) is 105 Å². The Bertz CT molecular complexity index is 8500. The summed E-state index contributed by atoms with van der Waals surface area (Å²) in [4.78, 5) is 2.38. The molecule has 656 valence electrons. The molecule has 26 rings (SSSR count). The second-order valence-electron chi connectivity index (χ2n) is 35.7. The molecule has 2 heterocycles. The molecule has 0 bridgehead atoms. The summed E-state index contributed by atoms with van der Waals surface area (Å²) in [6, 6.07) is 196. The Morgan fingerprint density at radius 3 is 0.863 bits per heavy atom. The lowest BCUT2D eigenvalue weighted by Gasteiger charge is -2.34. The van der Waals surface area contributed by atoms with Crippen LogP contribution in [0.2, 0.25) is 0 Å². The number of nitrogens with zero attached hydrogens (tertiary/aromatic N) is 1. The number of hydrogen-bond donors (Lipinski definition) is 1. The van der Waals surface area contributed by atoms with Crippen LogP contribution in [-0.4, -0.2) is 0 Å². The van der Waals surface area contributed by atoms with Crippen LogP contribution in [0.5, 0.6) is 0 Å². The van der Waals surface area contributed by atoms with E-state index in [0.29, 0.717) is 0 Å². The summed E-state index contributed by atoms with van der Waals surface area (Å²) >= 11 is 3.67. The predicted molar refractivity (Wildman–Crippen MR) is 584 cm³/mol. The van der Waals surface area contributed by atoms with Crippen molar-refractivity contribution in [1.29, 1.82) is 0 Å². The van der Waals surface area contributed by atoms with Crippen LogP contribution in [0.3, 0.4) is 0 Å². The Kier molecular flexibility index (Phi) is 22.3. The van der Waals surface area contributed by atoms with Gasteiger partial charge in [0.25, 0.3) is 0 Å². The zero-order chi connectivity index (χ0) is 92.6. The van der Waals surface area contributed by atoms with E-state index < -0.39 is 5.41 Å². The number of halogens is 1. The number of hydrogen-bond acceptors (Lipinski definition) is 4. The van der Waals surface area contributed by atoms with Crippen molar-refractivity contribution in [2.45, 2.75) is 10.8 Å². The number of furan rings is 2. The van der Waals surface area contributed by atoms with E-state index in [9.17, 15) is 0 Å². The van der Waals surface area contributed by atoms with Crippen molar-refractivity contribution in [3.05, 3.63) is 595 Å². The highest BCUT2D eigenvalue weighted by atomic mass is 79.9. The van der Waals surface area contributed by atoms with Crippen LogP contribution < -0.4 is 10.2 Å². The lowest BCUT2D eigenvalue weighted by molar-refractivity contribution is 0.669. The third kappa shape index (κ3) is 15.5. The van der Waals surface area contributed by atoms with Crippen LogP contribution >= 0.6 is 15.9 Å². The highest BCUT2D eigenvalue weighted by Gasteiger charge is 2.49. The highest BCUT2D eigenvalue weighted by Crippen LogP contribution is 2.61. The number of para-hydroxylation sites is 4. The summed E-state index contributed by atoms with van der Waals surface area (Å²) in [5.74, 6) is 0. The SMILES string of the molecule is Brc1cccc(-c2cccc3c2-c2ccccc2C3(c2ccccc2)c2ccccc2)c1.c1ccc(-c2ccc(-c3ccc(N(c4ccc(-c5cccc6c5oc5ccccc56)cc4)c4cccc(-c5cccc6c5-c5ccccc5C6(c5ccccc5)c5ccccc5)c4)cc3)cc2)cc1.c1ccc(-c2ccc(-c3ccc(Nc4ccc(-c5cccc6c5oc5ccccc56)cc4)cc3)cc2)cc1. The van der Waals surface area contributed by atoms with Crippen LogP contribution in [0.4, 0.5) is 28.4 Å². The first-order chi connectivity index (χ1) is 68.8. The quantitative estimate of drug-likeness (QED) is 0.0986. The highest BCUT2D eigenvalue weighted by molar-refractivity contribution is 9.10. The number of rotatable bonds is 17. The van der Waals surface area contributed by atoms with Gasteiger partial charge in [0.15, 0.2) is 0 Å². The summed E-state index contributed by atoms with van der Waals surface area (Å²) in [5, 5.41) is 8.08. The van der Waals surface area contributed by atoms with Gasteiger partial charge in [0.2, 0.25) is 0 Å². The standard InChI is InChI=1S/C67H45NO.C36H25NO.C31H21Br/c1-4-17-46(18-5-1)47-33-35-48(36-34-47)49-37-41-54(42-38-49)68(55-43-39-50(40-44-55)58-28-15-29-60-59-25-11-13-32-64(59)69-66(58)60)56-24-14-19-51(45-56)57-27-16-31-63-65(57)61-26-10-12-30-62(61)67(63,52-20-6-2-7-21-52)53-22-8-3-9-23-53;1-2-7-25(8-3-1)26-13-15-27(16-14-26)28-17-21-30(22-18-28)37-31-23-19-29(20-24-31)32-10-6-11-34-33-9-4-5-12-35(33)38-36(32)34;32-25-16-9-11-22(21-25)26-18-10-20-29-30(26)27-17-7-8-19-28(27)31(29,23-12-3-1-4-13-23)24-14-5-2-6-15-24/h1-45H;1-24,37H;1-21H. The minimum Gasteiger partial charge on any atom is -0.455 e. The molecule has 0 spiro atoms. The molecule has 2 aliphatic carbocycles. The molecular formula is C134H91BrN2O2. The van der Waals surface area contributed by atoms with Gasteiger partial charge < -0.3 is 19.1 Å². The minimum atomic E-state index is -0.480. The zero-order valence-electron chi connectivity index (χ0n) is 76.1. The van der Waals surface area contributed by atoms with Gasteiger partial charge in [-0.25, -0.2) is 0 Å². The van der Waals surface area contributed by atoms with Crippen molar-refractivity contribution in [2.75, 3.05) is 10.2 Å². The third-order valence-electron chi connectivity index (χ3n) is 27.9. The zero-order valence-corrected chi connectivity index (χ0v) is 77.7. The maximum atomic E-state index is 6.49. The summed E-state index contributed by atoms with van der Waals surface area (Å²) in [5.41, 5.74) is 42.6. The van der Waals surface area contributed by atoms with Gasteiger partial charge in [-0.2, -0.15) is 0 Å². The topological polar surface area (TPSA) is 41.6 Å². The van der Waals surface area contributed by atoms with Crippen molar-refractivity contribution in [1.82, 2.24) is 0 Å². The number of nitrogens with one attached hydrogen (secondary N) is 1. The Hall–Kier alpha value is -17.5. The predicted octanol–water partition coefficient (Wildman–Crippen LogP) is 36.9. The molecule has 139 heavy (non-hydrogen) atoms. The molecule has 0 saturated carbocycles. The molecule has 1 N–H and O–H groups in total. The average Bonchev–Trinajstić information content (AvgIpc) is 1.54. The van der Waals surface area contributed by atoms with E-state index in [1.807, 2.05) is 30.3 Å². The minimum absolute atomic E-state index is 0.351. The maximum absolute atomic E-state index is 6.49. The molecule has 0 saturated heterocycles. The Labute approximate surface area is 818 Å². The van der Waals surface area contributed by atoms with Crippen molar-refractivity contribution in [3.8, 4) is 111 Å². The van der Waals surface area contributed by atoms with E-state index >= 15 is 0 Å². The lowest BCUT2D eigenvalue weighted by Crippen LogP contribution is -2.28. The van der Waals surface area contributed by atoms with Crippen molar-refractivity contribution in [2.24, 2.45) is 0 Å². The lowest BCUT2D eigenvalue weighted by atomic mass is 9.67. The van der Waals surface area contributed by atoms with Crippen molar-refractivity contribution >= 4 is 88.2 Å². The van der Waals surface area contributed by atoms with Gasteiger partial charge in [-0.05, 0) is 230 Å². The Balaban J connectivity index is 0.000000126. The summed E-state index contributed by atoms with van der Waals surface area (Å²) in [6.45, 7) is 0. The van der Waals surface area contributed by atoms with Gasteiger partial charge in [-0.3, -0.25) is 0 Å². The fraction of sp³-hybridized carbons (Fsp3) is 0.0149. The molecule has 0 atom stereocenters. The first kappa shape index (κ1) is 84.5. The molecule has 24 aromatic rings. The van der Waals surface area contributed by atoms with E-state index in [-0.39, 0.29) is 5.41 Å². The molecule has 2 aliphatic rings. The van der Waals surface area contributed by atoms with E-state index in [2.05, 4.69) is 542 Å². The maximum Gasteiger partial charge on any atom is 0.143 e. The number of fused-ring (bicyclic) bond motifs is 12. The molecule has 0 fully saturated rings. The Morgan fingerprint density at radius 1 is 0.187 bits per heavy atom. The molecule has 22 aromatic carbocycles. The van der Waals surface area contributed by atoms with Crippen LogP contribution in [-0.2, 0) is 10.8 Å². The first-order valence-corrected chi connectivity index (χ1v) is 48.3. The van der Waals surface area contributed by atoms with Crippen LogP contribution in [0.25, 0.3) is 155 Å². The van der Waals surface area contributed by atoms with Crippen molar-refractivity contribution < 1.29 is 8.83 Å². The van der Waals surface area contributed by atoms with E-state index in [1.165, 1.54) is 128 Å². The number of anilines is 5. The summed E-state index contributed by atoms with van der Waals surface area (Å²) in [7, 11) is 0. The molecule has 0 aliphatic heterocycles. The monoisotopic (exact) mass is 1840 g/mol. The molecule has 4 nitrogen and oxygen atoms in total. The molecule has 0 radical (unpaired) electrons.